The Balaban J connectivity index is 2.49. The molecule has 0 aliphatic heterocycles. The van der Waals surface area contributed by atoms with E-state index in [2.05, 4.69) is 4.98 Å². The van der Waals surface area contributed by atoms with Crippen LogP contribution in [0.3, 0.4) is 0 Å². The second-order valence-corrected chi connectivity index (χ2v) is 6.30. The number of ketones is 1. The highest BCUT2D eigenvalue weighted by Crippen LogP contribution is 2.28. The van der Waals surface area contributed by atoms with Crippen molar-refractivity contribution in [2.45, 2.75) is 46.7 Å². The van der Waals surface area contributed by atoms with Crippen LogP contribution in [0.25, 0.3) is 10.9 Å². The van der Waals surface area contributed by atoms with Gasteiger partial charge in [0.25, 0.3) is 11.7 Å². The Labute approximate surface area is 136 Å². The summed E-state index contributed by atoms with van der Waals surface area (Å²) in [5.41, 5.74) is 2.20. The Bertz CT molecular complexity index is 736. The third-order valence-electron chi connectivity index (χ3n) is 3.98. The minimum Gasteiger partial charge on any atom is -0.497 e. The minimum absolute atomic E-state index is 0.0343. The van der Waals surface area contributed by atoms with Crippen LogP contribution >= 0.6 is 0 Å². The van der Waals surface area contributed by atoms with Crippen LogP contribution in [0, 0.1) is 6.92 Å². The average molecular weight is 316 g/mol. The lowest BCUT2D eigenvalue weighted by Gasteiger charge is -2.29. The fourth-order valence-corrected chi connectivity index (χ4v) is 2.98. The van der Waals surface area contributed by atoms with Crippen molar-refractivity contribution in [2.75, 3.05) is 7.11 Å². The molecule has 5 nitrogen and oxygen atoms in total. The number of carbonyl (C=O) groups excluding carboxylic acids is 2. The van der Waals surface area contributed by atoms with Crippen molar-refractivity contribution in [1.29, 1.82) is 0 Å². The molecule has 0 bridgehead atoms. The minimum atomic E-state index is -0.494. The first kappa shape index (κ1) is 17.1. The summed E-state index contributed by atoms with van der Waals surface area (Å²) >= 11 is 0. The van der Waals surface area contributed by atoms with Gasteiger partial charge >= 0.3 is 0 Å². The number of fused-ring (bicyclic) bond motifs is 1. The van der Waals surface area contributed by atoms with Crippen molar-refractivity contribution in [3.8, 4) is 5.75 Å². The molecule has 1 aromatic heterocycles. The van der Waals surface area contributed by atoms with Crippen LogP contribution in [0.2, 0.25) is 0 Å². The number of carbonyl (C=O) groups is 2. The lowest BCUT2D eigenvalue weighted by molar-refractivity contribution is -0.129. The number of nitrogens with zero attached hydrogens (tertiary/aromatic N) is 1. The van der Waals surface area contributed by atoms with Gasteiger partial charge in [-0.25, -0.2) is 0 Å². The molecule has 1 amide bonds. The second-order valence-electron chi connectivity index (χ2n) is 6.30. The number of benzene rings is 1. The molecule has 0 aliphatic carbocycles. The number of aromatic amines is 1. The third-order valence-corrected chi connectivity index (χ3v) is 3.98. The molecule has 2 aromatic rings. The van der Waals surface area contributed by atoms with Crippen molar-refractivity contribution >= 4 is 22.6 Å². The van der Waals surface area contributed by atoms with E-state index in [0.717, 1.165) is 11.1 Å². The van der Waals surface area contributed by atoms with Gasteiger partial charge in [0.15, 0.2) is 0 Å². The summed E-state index contributed by atoms with van der Waals surface area (Å²) in [6.45, 7) is 9.58. The van der Waals surface area contributed by atoms with Gasteiger partial charge in [-0.15, -0.1) is 0 Å². The Hall–Kier alpha value is -2.30. The van der Waals surface area contributed by atoms with E-state index in [1.807, 2.05) is 40.7 Å². The molecule has 0 unspecified atom stereocenters. The van der Waals surface area contributed by atoms with Crippen molar-refractivity contribution in [3.63, 3.8) is 0 Å². The number of methoxy groups -OCH3 is 1. The summed E-state index contributed by atoms with van der Waals surface area (Å²) in [5, 5.41) is 0.715. The van der Waals surface area contributed by atoms with E-state index >= 15 is 0 Å². The van der Waals surface area contributed by atoms with Gasteiger partial charge in [0.2, 0.25) is 0 Å². The molecular formula is C18H24N2O3. The number of amides is 1. The lowest BCUT2D eigenvalue weighted by atomic mass is 10.0. The smallest absolute Gasteiger partial charge is 0.295 e. The molecule has 0 aliphatic rings. The third kappa shape index (κ3) is 3.09. The lowest BCUT2D eigenvalue weighted by Crippen LogP contribution is -2.45. The number of hydrogen-bond donors (Lipinski definition) is 1. The van der Waals surface area contributed by atoms with Crippen molar-refractivity contribution in [3.05, 3.63) is 29.5 Å². The van der Waals surface area contributed by atoms with Crippen LogP contribution in [0.1, 0.15) is 43.6 Å². The van der Waals surface area contributed by atoms with E-state index in [4.69, 9.17) is 4.74 Å². The molecule has 1 N–H and O–H groups in total. The maximum atomic E-state index is 12.7. The standard InChI is InChI=1S/C18H24N2O3/c1-10(2)20(11(3)4)18(22)17(21)15-9-19-16-12(5)7-13(23-6)8-14(15)16/h7-11,19H,1-6H3. The molecule has 2 rings (SSSR count). The Morgan fingerprint density at radius 1 is 1.13 bits per heavy atom. The highest BCUT2D eigenvalue weighted by atomic mass is 16.5. The predicted molar refractivity (Wildman–Crippen MR) is 91.0 cm³/mol. The fraction of sp³-hybridized carbons (Fsp3) is 0.444. The van der Waals surface area contributed by atoms with Gasteiger partial charge in [-0.05, 0) is 52.3 Å². The summed E-state index contributed by atoms with van der Waals surface area (Å²) in [6, 6.07) is 3.61. The maximum Gasteiger partial charge on any atom is 0.295 e. The van der Waals surface area contributed by atoms with Gasteiger partial charge in [-0.3, -0.25) is 9.59 Å². The molecule has 0 spiro atoms. The Kier molecular flexibility index (Phi) is 4.78. The molecule has 1 heterocycles. The van der Waals surface area contributed by atoms with E-state index in [-0.39, 0.29) is 12.1 Å². The second kappa shape index (κ2) is 6.44. The number of rotatable bonds is 5. The predicted octanol–water partition coefficient (Wildman–Crippen LogP) is 3.31. The van der Waals surface area contributed by atoms with Crippen molar-refractivity contribution in [1.82, 2.24) is 9.88 Å². The number of ether oxygens (including phenoxy) is 1. The molecule has 0 fully saturated rings. The number of hydrogen-bond acceptors (Lipinski definition) is 3. The van der Waals surface area contributed by atoms with Crippen LogP contribution in [-0.2, 0) is 4.79 Å². The zero-order chi connectivity index (χ0) is 17.3. The van der Waals surface area contributed by atoms with Gasteiger partial charge in [0.1, 0.15) is 5.75 Å². The number of Topliss-reactive ketones (excluding diaryl/α,β-unsaturated/α-hetero) is 1. The molecule has 0 saturated carbocycles. The number of H-pyrrole nitrogens is 1. The molecular weight excluding hydrogens is 292 g/mol. The summed E-state index contributed by atoms with van der Waals surface area (Å²) in [5.74, 6) is -0.302. The average Bonchev–Trinajstić information content (AvgIpc) is 2.89. The first-order chi connectivity index (χ1) is 10.8. The first-order valence-electron chi connectivity index (χ1n) is 7.80. The molecule has 0 radical (unpaired) electrons. The van der Waals surface area contributed by atoms with E-state index in [9.17, 15) is 9.59 Å². The van der Waals surface area contributed by atoms with E-state index in [1.54, 1.807) is 24.3 Å². The zero-order valence-corrected chi connectivity index (χ0v) is 14.6. The Morgan fingerprint density at radius 2 is 1.74 bits per heavy atom. The quantitative estimate of drug-likeness (QED) is 0.680. The SMILES string of the molecule is COc1cc(C)c2[nH]cc(C(=O)C(=O)N(C(C)C)C(C)C)c2c1. The van der Waals surface area contributed by atoms with Crippen molar-refractivity contribution < 1.29 is 14.3 Å². The van der Waals surface area contributed by atoms with Crippen LogP contribution < -0.4 is 4.74 Å². The van der Waals surface area contributed by atoms with E-state index in [0.29, 0.717) is 16.7 Å². The maximum absolute atomic E-state index is 12.7. The first-order valence-corrected chi connectivity index (χ1v) is 7.80. The number of nitrogens with one attached hydrogen (secondary N) is 1. The van der Waals surface area contributed by atoms with Crippen LogP contribution in [0.5, 0.6) is 5.75 Å². The molecule has 0 atom stereocenters. The van der Waals surface area contributed by atoms with Crippen molar-refractivity contribution in [2.24, 2.45) is 0 Å². The summed E-state index contributed by atoms with van der Waals surface area (Å²) in [6.07, 6.45) is 1.61. The monoisotopic (exact) mass is 316 g/mol. The molecule has 23 heavy (non-hydrogen) atoms. The highest BCUT2D eigenvalue weighted by molar-refractivity contribution is 6.45. The van der Waals surface area contributed by atoms with Gasteiger partial charge < -0.3 is 14.6 Å². The zero-order valence-electron chi connectivity index (χ0n) is 14.6. The summed E-state index contributed by atoms with van der Waals surface area (Å²) in [7, 11) is 1.58. The number of aromatic nitrogens is 1. The molecule has 1 aromatic carbocycles. The van der Waals surface area contributed by atoms with Crippen LogP contribution in [0.15, 0.2) is 18.3 Å². The van der Waals surface area contributed by atoms with E-state index < -0.39 is 11.7 Å². The summed E-state index contributed by atoms with van der Waals surface area (Å²) in [4.78, 5) is 30.1. The highest BCUT2D eigenvalue weighted by Gasteiger charge is 2.29. The fourth-order valence-electron chi connectivity index (χ4n) is 2.98. The van der Waals surface area contributed by atoms with E-state index in [1.165, 1.54) is 0 Å². The normalized spacial score (nSPS) is 11.3. The molecule has 5 heteroatoms. The molecule has 124 valence electrons. The topological polar surface area (TPSA) is 62.4 Å². The van der Waals surface area contributed by atoms with Crippen LogP contribution in [-0.4, -0.2) is 40.8 Å². The van der Waals surface area contributed by atoms with Gasteiger partial charge in [0, 0.05) is 29.2 Å². The largest absolute Gasteiger partial charge is 0.497 e. The van der Waals surface area contributed by atoms with Crippen LogP contribution in [0.4, 0.5) is 0 Å². The van der Waals surface area contributed by atoms with Gasteiger partial charge in [-0.1, -0.05) is 0 Å². The summed E-state index contributed by atoms with van der Waals surface area (Å²) < 4.78 is 5.27. The molecule has 0 saturated heterocycles. The van der Waals surface area contributed by atoms with Gasteiger partial charge in [0.05, 0.1) is 12.7 Å². The van der Waals surface area contributed by atoms with Gasteiger partial charge in [-0.2, -0.15) is 0 Å². The Morgan fingerprint density at radius 3 is 2.26 bits per heavy atom. The number of aryl methyl sites for hydroxylation is 1.